The summed E-state index contributed by atoms with van der Waals surface area (Å²) in [5, 5.41) is 0. The lowest BCUT2D eigenvalue weighted by atomic mass is 10.1. The molecule has 0 bridgehead atoms. The molecular formula is C16H16BrNO. The van der Waals surface area contributed by atoms with Crippen molar-refractivity contribution in [2.75, 3.05) is 11.9 Å². The largest absolute Gasteiger partial charge is 0.344 e. The lowest BCUT2D eigenvalue weighted by molar-refractivity contribution is 0.101. The van der Waals surface area contributed by atoms with Gasteiger partial charge < -0.3 is 4.90 Å². The van der Waals surface area contributed by atoms with E-state index in [-0.39, 0.29) is 5.78 Å². The van der Waals surface area contributed by atoms with Gasteiger partial charge in [0.05, 0.1) is 5.69 Å². The maximum absolute atomic E-state index is 11.8. The summed E-state index contributed by atoms with van der Waals surface area (Å²) in [4.78, 5) is 13.8. The Morgan fingerprint density at radius 3 is 2.42 bits per heavy atom. The zero-order valence-corrected chi connectivity index (χ0v) is 12.9. The second-order valence-electron chi connectivity index (χ2n) is 4.56. The van der Waals surface area contributed by atoms with Crippen molar-refractivity contribution in [2.24, 2.45) is 0 Å². The van der Waals surface area contributed by atoms with E-state index in [9.17, 15) is 4.79 Å². The highest BCUT2D eigenvalue weighted by molar-refractivity contribution is 9.10. The summed E-state index contributed by atoms with van der Waals surface area (Å²) in [7, 11) is 1.98. The van der Waals surface area contributed by atoms with E-state index in [1.54, 1.807) is 6.92 Å². The molecule has 0 saturated carbocycles. The Hall–Kier alpha value is -1.61. The molecule has 0 amide bonds. The van der Waals surface area contributed by atoms with Crippen molar-refractivity contribution in [2.45, 2.75) is 13.8 Å². The molecule has 0 spiro atoms. The van der Waals surface area contributed by atoms with E-state index < -0.39 is 0 Å². The van der Waals surface area contributed by atoms with Gasteiger partial charge in [0, 0.05) is 22.8 Å². The minimum atomic E-state index is 0.0722. The van der Waals surface area contributed by atoms with Crippen LogP contribution in [0.3, 0.4) is 0 Å². The molecule has 2 rings (SSSR count). The van der Waals surface area contributed by atoms with E-state index in [4.69, 9.17) is 0 Å². The monoisotopic (exact) mass is 317 g/mol. The second kappa shape index (κ2) is 5.57. The van der Waals surface area contributed by atoms with Gasteiger partial charge in [0.15, 0.2) is 5.78 Å². The molecule has 0 atom stereocenters. The van der Waals surface area contributed by atoms with E-state index >= 15 is 0 Å². The molecule has 0 aromatic heterocycles. The smallest absolute Gasteiger partial charge is 0.161 e. The van der Waals surface area contributed by atoms with Crippen molar-refractivity contribution in [3.63, 3.8) is 0 Å². The lowest BCUT2D eigenvalue weighted by Gasteiger charge is -2.24. The highest BCUT2D eigenvalue weighted by Gasteiger charge is 2.14. The SMILES string of the molecule is CC(=O)c1ccc(Br)cc1N(C)c1ccccc1C. The van der Waals surface area contributed by atoms with E-state index in [0.717, 1.165) is 21.4 Å². The number of halogens is 1. The van der Waals surface area contributed by atoms with Gasteiger partial charge in [0.25, 0.3) is 0 Å². The molecule has 0 saturated heterocycles. The van der Waals surface area contributed by atoms with Gasteiger partial charge in [-0.05, 0) is 43.7 Å². The number of para-hydroxylation sites is 1. The van der Waals surface area contributed by atoms with Crippen LogP contribution in [-0.2, 0) is 0 Å². The van der Waals surface area contributed by atoms with E-state index in [1.807, 2.05) is 37.4 Å². The number of nitrogens with zero attached hydrogens (tertiary/aromatic N) is 1. The normalized spacial score (nSPS) is 10.3. The van der Waals surface area contributed by atoms with Crippen molar-refractivity contribution in [1.82, 2.24) is 0 Å². The third kappa shape index (κ3) is 2.87. The number of hydrogen-bond donors (Lipinski definition) is 0. The number of carbonyl (C=O) groups excluding carboxylic acids is 1. The summed E-state index contributed by atoms with van der Waals surface area (Å²) in [6.45, 7) is 3.66. The molecule has 2 nitrogen and oxygen atoms in total. The predicted molar refractivity (Wildman–Crippen MR) is 83.4 cm³/mol. The number of carbonyl (C=O) groups is 1. The number of hydrogen-bond acceptors (Lipinski definition) is 2. The molecule has 98 valence electrons. The van der Waals surface area contributed by atoms with Gasteiger partial charge in [0.2, 0.25) is 0 Å². The van der Waals surface area contributed by atoms with Crippen LogP contribution in [-0.4, -0.2) is 12.8 Å². The zero-order valence-electron chi connectivity index (χ0n) is 11.3. The third-order valence-electron chi connectivity index (χ3n) is 3.18. The maximum atomic E-state index is 11.8. The first-order valence-electron chi connectivity index (χ1n) is 6.10. The van der Waals surface area contributed by atoms with Crippen molar-refractivity contribution >= 4 is 33.1 Å². The molecule has 2 aromatic carbocycles. The van der Waals surface area contributed by atoms with Gasteiger partial charge in [-0.3, -0.25) is 4.79 Å². The Labute approximate surface area is 122 Å². The van der Waals surface area contributed by atoms with E-state index in [1.165, 1.54) is 5.56 Å². The standard InChI is InChI=1S/C16H16BrNO/c1-11-6-4-5-7-15(11)18(3)16-10-13(17)8-9-14(16)12(2)19/h4-10H,1-3H3. The molecule has 19 heavy (non-hydrogen) atoms. The Bertz CT molecular complexity index is 622. The number of rotatable bonds is 3. The van der Waals surface area contributed by atoms with Crippen LogP contribution in [0.15, 0.2) is 46.9 Å². The van der Waals surface area contributed by atoms with Gasteiger partial charge >= 0.3 is 0 Å². The molecule has 0 unspecified atom stereocenters. The van der Waals surface area contributed by atoms with E-state index in [2.05, 4.69) is 39.9 Å². The molecule has 3 heteroatoms. The van der Waals surface area contributed by atoms with Crippen molar-refractivity contribution in [1.29, 1.82) is 0 Å². The second-order valence-corrected chi connectivity index (χ2v) is 5.48. The molecule has 0 aliphatic rings. The highest BCUT2D eigenvalue weighted by Crippen LogP contribution is 2.31. The average Bonchev–Trinajstić information content (AvgIpc) is 2.38. The number of benzene rings is 2. The van der Waals surface area contributed by atoms with Crippen LogP contribution in [0.1, 0.15) is 22.8 Å². The first kappa shape index (κ1) is 13.8. The zero-order chi connectivity index (χ0) is 14.0. The van der Waals surface area contributed by atoms with Gasteiger partial charge in [0.1, 0.15) is 0 Å². The van der Waals surface area contributed by atoms with Crippen molar-refractivity contribution in [3.8, 4) is 0 Å². The van der Waals surface area contributed by atoms with Crippen LogP contribution >= 0.6 is 15.9 Å². The third-order valence-corrected chi connectivity index (χ3v) is 3.67. The van der Waals surface area contributed by atoms with Gasteiger partial charge in [-0.1, -0.05) is 34.1 Å². The first-order valence-corrected chi connectivity index (χ1v) is 6.90. The number of Topliss-reactive ketones (excluding diaryl/α,β-unsaturated/α-hetero) is 1. The minimum Gasteiger partial charge on any atom is -0.344 e. The van der Waals surface area contributed by atoms with Crippen LogP contribution < -0.4 is 4.90 Å². The maximum Gasteiger partial charge on any atom is 0.161 e. The fourth-order valence-electron chi connectivity index (χ4n) is 2.15. The van der Waals surface area contributed by atoms with Gasteiger partial charge in [-0.15, -0.1) is 0 Å². The summed E-state index contributed by atoms with van der Waals surface area (Å²) in [6.07, 6.45) is 0. The summed E-state index contributed by atoms with van der Waals surface area (Å²) in [6, 6.07) is 13.9. The minimum absolute atomic E-state index is 0.0722. The molecule has 0 aliphatic heterocycles. The lowest BCUT2D eigenvalue weighted by Crippen LogP contribution is -2.14. The molecule has 0 aliphatic carbocycles. The van der Waals surface area contributed by atoms with Crippen molar-refractivity contribution < 1.29 is 4.79 Å². The average molecular weight is 318 g/mol. The van der Waals surface area contributed by atoms with E-state index in [0.29, 0.717) is 0 Å². The number of anilines is 2. The van der Waals surface area contributed by atoms with Gasteiger partial charge in [-0.25, -0.2) is 0 Å². The summed E-state index contributed by atoms with van der Waals surface area (Å²) in [5.41, 5.74) is 3.92. The summed E-state index contributed by atoms with van der Waals surface area (Å²) >= 11 is 3.47. The molecule has 0 fully saturated rings. The Kier molecular flexibility index (Phi) is 4.05. The molecule has 0 N–H and O–H groups in total. The summed E-state index contributed by atoms with van der Waals surface area (Å²) in [5.74, 6) is 0.0722. The highest BCUT2D eigenvalue weighted by atomic mass is 79.9. The molecule has 0 heterocycles. The fourth-order valence-corrected chi connectivity index (χ4v) is 2.50. The Balaban J connectivity index is 2.55. The predicted octanol–water partition coefficient (Wildman–Crippen LogP) is 4.73. The van der Waals surface area contributed by atoms with Crippen LogP contribution in [0.4, 0.5) is 11.4 Å². The Morgan fingerprint density at radius 1 is 1.11 bits per heavy atom. The van der Waals surface area contributed by atoms with Crippen molar-refractivity contribution in [3.05, 3.63) is 58.1 Å². The van der Waals surface area contributed by atoms with Crippen LogP contribution in [0.25, 0.3) is 0 Å². The number of aryl methyl sites for hydroxylation is 1. The van der Waals surface area contributed by atoms with Crippen LogP contribution in [0.5, 0.6) is 0 Å². The summed E-state index contributed by atoms with van der Waals surface area (Å²) < 4.78 is 0.966. The number of ketones is 1. The molecule has 0 radical (unpaired) electrons. The molecular weight excluding hydrogens is 302 g/mol. The molecule has 2 aromatic rings. The quantitative estimate of drug-likeness (QED) is 0.763. The fraction of sp³-hybridized carbons (Fsp3) is 0.188. The van der Waals surface area contributed by atoms with Crippen LogP contribution in [0.2, 0.25) is 0 Å². The topological polar surface area (TPSA) is 20.3 Å². The first-order chi connectivity index (χ1) is 9.00. The van der Waals surface area contributed by atoms with Crippen LogP contribution in [0, 0.1) is 6.92 Å². The Morgan fingerprint density at radius 2 is 1.79 bits per heavy atom. The van der Waals surface area contributed by atoms with Gasteiger partial charge in [-0.2, -0.15) is 0 Å².